The number of rotatable bonds is 12. The molecular formula is C22H34N4O7. The third kappa shape index (κ3) is 8.70. The fraction of sp³-hybridized carbons (Fsp3) is 0.545. The van der Waals surface area contributed by atoms with Crippen LogP contribution >= 0.6 is 0 Å². The van der Waals surface area contributed by atoms with Crippen LogP contribution in [0.3, 0.4) is 0 Å². The van der Waals surface area contributed by atoms with Crippen LogP contribution in [0.4, 0.5) is 0 Å². The molecule has 0 aliphatic heterocycles. The van der Waals surface area contributed by atoms with Crippen molar-refractivity contribution in [2.75, 3.05) is 6.61 Å². The summed E-state index contributed by atoms with van der Waals surface area (Å²) in [5.41, 5.74) is 6.08. The molecule has 0 aliphatic carbocycles. The highest BCUT2D eigenvalue weighted by molar-refractivity contribution is 5.94. The number of carbonyl (C=O) groups is 4. The highest BCUT2D eigenvalue weighted by Gasteiger charge is 2.33. The number of benzene rings is 1. The van der Waals surface area contributed by atoms with Crippen molar-refractivity contribution in [2.45, 2.75) is 58.3 Å². The van der Waals surface area contributed by atoms with Crippen LogP contribution in [0.15, 0.2) is 24.3 Å². The van der Waals surface area contributed by atoms with E-state index in [-0.39, 0.29) is 24.0 Å². The van der Waals surface area contributed by atoms with Gasteiger partial charge in [0.05, 0.1) is 6.61 Å². The summed E-state index contributed by atoms with van der Waals surface area (Å²) in [6, 6.07) is 1.38. The maximum Gasteiger partial charge on any atom is 0.326 e. The topological polar surface area (TPSA) is 191 Å². The van der Waals surface area contributed by atoms with E-state index in [0.29, 0.717) is 5.56 Å². The van der Waals surface area contributed by atoms with Gasteiger partial charge in [0.15, 0.2) is 0 Å². The summed E-state index contributed by atoms with van der Waals surface area (Å²) in [5, 5.41) is 35.4. The molecule has 33 heavy (non-hydrogen) atoms. The Morgan fingerprint density at radius 1 is 0.848 bits per heavy atom. The van der Waals surface area contributed by atoms with Crippen molar-refractivity contribution in [3.05, 3.63) is 29.8 Å². The van der Waals surface area contributed by atoms with Gasteiger partial charge in [-0.15, -0.1) is 0 Å². The van der Waals surface area contributed by atoms with Gasteiger partial charge in [0.2, 0.25) is 17.7 Å². The lowest BCUT2D eigenvalue weighted by molar-refractivity contribution is -0.142. The number of nitrogens with two attached hydrogens (primary N) is 1. The van der Waals surface area contributed by atoms with Gasteiger partial charge >= 0.3 is 5.97 Å². The van der Waals surface area contributed by atoms with Crippen LogP contribution in [0.5, 0.6) is 5.75 Å². The smallest absolute Gasteiger partial charge is 0.326 e. The van der Waals surface area contributed by atoms with Crippen LogP contribution in [-0.2, 0) is 25.6 Å². The van der Waals surface area contributed by atoms with Crippen LogP contribution in [-0.4, -0.2) is 69.8 Å². The number of phenolic OH excluding ortho intramolecular Hbond substituents is 1. The van der Waals surface area contributed by atoms with E-state index in [0.717, 1.165) is 0 Å². The molecular weight excluding hydrogens is 432 g/mol. The number of carboxylic acids is 1. The Kier molecular flexibility index (Phi) is 10.8. The quantitative estimate of drug-likeness (QED) is 0.206. The molecule has 1 aromatic rings. The minimum atomic E-state index is -1.26. The van der Waals surface area contributed by atoms with Crippen molar-refractivity contribution in [1.29, 1.82) is 0 Å². The van der Waals surface area contributed by atoms with Gasteiger partial charge < -0.3 is 37.0 Å². The molecule has 0 radical (unpaired) electrons. The van der Waals surface area contributed by atoms with E-state index in [2.05, 4.69) is 16.0 Å². The van der Waals surface area contributed by atoms with E-state index in [1.54, 1.807) is 39.8 Å². The van der Waals surface area contributed by atoms with Gasteiger partial charge in [-0.1, -0.05) is 39.8 Å². The fourth-order valence-electron chi connectivity index (χ4n) is 2.99. The molecule has 0 saturated carbocycles. The van der Waals surface area contributed by atoms with E-state index in [1.165, 1.54) is 12.1 Å². The van der Waals surface area contributed by atoms with Gasteiger partial charge in [-0.25, -0.2) is 4.79 Å². The average molecular weight is 467 g/mol. The molecule has 0 spiro atoms. The molecule has 0 saturated heterocycles. The van der Waals surface area contributed by atoms with Crippen LogP contribution in [0.25, 0.3) is 0 Å². The van der Waals surface area contributed by atoms with E-state index in [9.17, 15) is 29.4 Å². The maximum atomic E-state index is 12.9. The van der Waals surface area contributed by atoms with Crippen LogP contribution in [0.2, 0.25) is 0 Å². The van der Waals surface area contributed by atoms with E-state index in [1.807, 2.05) is 0 Å². The summed E-state index contributed by atoms with van der Waals surface area (Å²) in [7, 11) is 0. The summed E-state index contributed by atoms with van der Waals surface area (Å²) in [6.07, 6.45) is -0.0240. The van der Waals surface area contributed by atoms with Gasteiger partial charge in [-0.05, 0) is 29.5 Å². The molecule has 0 aliphatic rings. The zero-order chi connectivity index (χ0) is 25.3. The molecule has 4 atom stereocenters. The predicted molar refractivity (Wildman–Crippen MR) is 120 cm³/mol. The number of aliphatic hydroxyl groups is 1. The number of aliphatic carboxylic acids is 1. The molecule has 0 heterocycles. The number of amides is 3. The van der Waals surface area contributed by atoms with Gasteiger partial charge in [-0.3, -0.25) is 14.4 Å². The first kappa shape index (κ1) is 27.9. The van der Waals surface area contributed by atoms with Gasteiger partial charge in [0.1, 0.15) is 29.9 Å². The molecule has 184 valence electrons. The molecule has 1 aromatic carbocycles. The predicted octanol–water partition coefficient (Wildman–Crippen LogP) is -0.895. The van der Waals surface area contributed by atoms with Crippen molar-refractivity contribution in [2.24, 2.45) is 17.6 Å². The highest BCUT2D eigenvalue weighted by Crippen LogP contribution is 2.12. The summed E-state index contributed by atoms with van der Waals surface area (Å²) < 4.78 is 0. The van der Waals surface area contributed by atoms with Crippen LogP contribution in [0.1, 0.15) is 33.3 Å². The Balaban J connectivity index is 2.94. The summed E-state index contributed by atoms with van der Waals surface area (Å²) in [6.45, 7) is 6.16. The van der Waals surface area contributed by atoms with E-state index in [4.69, 9.17) is 10.8 Å². The first-order valence-electron chi connectivity index (χ1n) is 10.7. The second kappa shape index (κ2) is 12.8. The van der Waals surface area contributed by atoms with Crippen molar-refractivity contribution in [1.82, 2.24) is 16.0 Å². The first-order valence-corrected chi connectivity index (χ1v) is 10.7. The molecule has 3 amide bonds. The third-order valence-corrected chi connectivity index (χ3v) is 5.02. The number of aliphatic hydroxyl groups excluding tert-OH is 1. The summed E-state index contributed by atoms with van der Waals surface area (Å²) in [4.78, 5) is 49.4. The molecule has 0 aromatic heterocycles. The van der Waals surface area contributed by atoms with E-state index < -0.39 is 54.5 Å². The standard InChI is InChI=1S/C22H34N4O7/c1-11(2)17(26-21(31)18(12(3)4)25-19(29)15(23)10-27)20(30)24-16(22(32)33)9-13-5-7-14(28)8-6-13/h5-8,11-12,15-18,27-28H,9-10,23H2,1-4H3,(H,24,30)(H,25,29)(H,26,31)(H,32,33). The van der Waals surface area contributed by atoms with Crippen molar-refractivity contribution >= 4 is 23.7 Å². The SMILES string of the molecule is CC(C)C(NC(=O)C(N)CO)C(=O)NC(C(=O)NC(Cc1ccc(O)cc1)C(=O)O)C(C)C. The first-order chi connectivity index (χ1) is 15.4. The van der Waals surface area contributed by atoms with Crippen molar-refractivity contribution in [3.8, 4) is 5.75 Å². The zero-order valence-electron chi connectivity index (χ0n) is 19.2. The molecule has 0 fully saturated rings. The monoisotopic (exact) mass is 466 g/mol. The summed E-state index contributed by atoms with van der Waals surface area (Å²) in [5.74, 6) is -4.00. The van der Waals surface area contributed by atoms with Gasteiger partial charge in [0, 0.05) is 6.42 Å². The van der Waals surface area contributed by atoms with Crippen LogP contribution in [0, 0.1) is 11.8 Å². The lowest BCUT2D eigenvalue weighted by atomic mass is 9.98. The highest BCUT2D eigenvalue weighted by atomic mass is 16.4. The number of nitrogens with one attached hydrogen (secondary N) is 3. The average Bonchev–Trinajstić information content (AvgIpc) is 2.74. The lowest BCUT2D eigenvalue weighted by Crippen LogP contribution is -2.60. The summed E-state index contributed by atoms with van der Waals surface area (Å²) >= 11 is 0. The van der Waals surface area contributed by atoms with Crippen molar-refractivity contribution < 1.29 is 34.5 Å². The Morgan fingerprint density at radius 2 is 1.30 bits per heavy atom. The number of phenols is 1. The Bertz CT molecular complexity index is 827. The maximum absolute atomic E-state index is 12.9. The normalized spacial score (nSPS) is 14.8. The molecule has 8 N–H and O–H groups in total. The Morgan fingerprint density at radius 3 is 1.73 bits per heavy atom. The zero-order valence-corrected chi connectivity index (χ0v) is 19.2. The van der Waals surface area contributed by atoms with Gasteiger partial charge in [0.25, 0.3) is 0 Å². The number of hydrogen-bond donors (Lipinski definition) is 7. The third-order valence-electron chi connectivity index (χ3n) is 5.02. The number of aromatic hydroxyl groups is 1. The van der Waals surface area contributed by atoms with Crippen LogP contribution < -0.4 is 21.7 Å². The number of carbonyl (C=O) groups excluding carboxylic acids is 3. The van der Waals surface area contributed by atoms with Crippen molar-refractivity contribution in [3.63, 3.8) is 0 Å². The largest absolute Gasteiger partial charge is 0.508 e. The van der Waals surface area contributed by atoms with E-state index >= 15 is 0 Å². The Labute approximate surface area is 192 Å². The lowest BCUT2D eigenvalue weighted by Gasteiger charge is -2.28. The fourth-order valence-corrected chi connectivity index (χ4v) is 2.99. The number of carboxylic acid groups (broad SMARTS) is 1. The molecule has 11 heteroatoms. The second-order valence-corrected chi connectivity index (χ2v) is 8.52. The molecule has 1 rings (SSSR count). The minimum Gasteiger partial charge on any atom is -0.508 e. The second-order valence-electron chi connectivity index (χ2n) is 8.52. The Hall–Kier alpha value is -3.18. The molecule has 4 unspecified atom stereocenters. The molecule has 11 nitrogen and oxygen atoms in total. The van der Waals surface area contributed by atoms with Gasteiger partial charge in [-0.2, -0.15) is 0 Å². The minimum absolute atomic E-state index is 0.0240. The molecule has 0 bridgehead atoms. The number of hydrogen-bond acceptors (Lipinski definition) is 7.